The maximum absolute atomic E-state index is 13.2. The van der Waals surface area contributed by atoms with Crippen LogP contribution in [0.15, 0.2) is 53.7 Å². The number of thioether (sulfide) groups is 1. The van der Waals surface area contributed by atoms with E-state index in [-0.39, 0.29) is 17.7 Å². The Balaban J connectivity index is 1.50. The number of fused-ring (bicyclic) bond motifs is 1. The Labute approximate surface area is 203 Å². The van der Waals surface area contributed by atoms with Crippen molar-refractivity contribution in [2.75, 3.05) is 38.9 Å². The van der Waals surface area contributed by atoms with E-state index >= 15 is 0 Å². The van der Waals surface area contributed by atoms with Crippen LogP contribution in [0.2, 0.25) is 0 Å². The number of benzene rings is 2. The van der Waals surface area contributed by atoms with Crippen molar-refractivity contribution in [1.29, 1.82) is 0 Å². The van der Waals surface area contributed by atoms with Crippen LogP contribution in [0.4, 0.5) is 5.69 Å². The number of nitrogens with zero attached hydrogens (tertiary/aromatic N) is 2. The van der Waals surface area contributed by atoms with E-state index in [1.54, 1.807) is 44.1 Å². The second kappa shape index (κ2) is 10.6. The predicted octanol–water partition coefficient (Wildman–Crippen LogP) is 3.85. The summed E-state index contributed by atoms with van der Waals surface area (Å²) in [6.45, 7) is 0.318. The number of nitrogens with one attached hydrogen (secondary N) is 2. The van der Waals surface area contributed by atoms with E-state index in [0.29, 0.717) is 25.2 Å². The molecule has 1 aromatic heterocycles. The molecule has 2 amide bonds. The Hall–Kier alpha value is -3.46. The van der Waals surface area contributed by atoms with Gasteiger partial charge in [-0.25, -0.2) is 0 Å². The van der Waals surface area contributed by atoms with E-state index in [4.69, 9.17) is 9.47 Å². The van der Waals surface area contributed by atoms with E-state index in [0.717, 1.165) is 38.8 Å². The molecule has 2 aromatic carbocycles. The normalized spacial score (nSPS) is 14.6. The van der Waals surface area contributed by atoms with Gasteiger partial charge in [0.25, 0.3) is 0 Å². The number of ether oxygens (including phenoxy) is 2. The zero-order chi connectivity index (χ0) is 24.1. The van der Waals surface area contributed by atoms with Gasteiger partial charge >= 0.3 is 0 Å². The summed E-state index contributed by atoms with van der Waals surface area (Å²) in [6, 6.07) is 11.5. The van der Waals surface area contributed by atoms with Gasteiger partial charge in [0.15, 0.2) is 0 Å². The van der Waals surface area contributed by atoms with Crippen LogP contribution in [-0.4, -0.2) is 60.5 Å². The van der Waals surface area contributed by atoms with Gasteiger partial charge in [-0.2, -0.15) is 5.10 Å². The Kier molecular flexibility index (Phi) is 7.42. The van der Waals surface area contributed by atoms with Crippen molar-refractivity contribution < 1.29 is 19.1 Å². The summed E-state index contributed by atoms with van der Waals surface area (Å²) in [5.41, 5.74) is 3.61. The van der Waals surface area contributed by atoms with Crippen molar-refractivity contribution >= 4 is 29.3 Å². The number of rotatable bonds is 8. The van der Waals surface area contributed by atoms with Gasteiger partial charge in [0.2, 0.25) is 11.8 Å². The van der Waals surface area contributed by atoms with Crippen molar-refractivity contribution in [3.8, 4) is 22.6 Å². The van der Waals surface area contributed by atoms with Gasteiger partial charge in [0.1, 0.15) is 18.1 Å². The first-order chi connectivity index (χ1) is 16.4. The Bertz CT molecular complexity index is 1160. The molecule has 0 unspecified atom stereocenters. The smallest absolute Gasteiger partial charge is 0.231 e. The number of H-pyrrole nitrogens is 1. The number of methoxy groups -OCH3 is 1. The maximum atomic E-state index is 13.2. The standard InChI is InChI=1S/C25H28N4O4S/c1-29(2)24(30)8-9-34-23-12-16(19-13-26-27-14-19)4-6-21(23)28-25(31)18-10-17-11-20(32-3)5-7-22(17)33-15-18/h4-7,11-14,18H,8-10,15H2,1-3H3,(H,26,27)(H,28,31)/t18-/m1/s1. The third-order valence-electron chi connectivity index (χ3n) is 5.69. The van der Waals surface area contributed by atoms with Gasteiger partial charge in [0.05, 0.1) is 24.9 Å². The molecule has 3 aromatic rings. The van der Waals surface area contributed by atoms with Crippen LogP contribution >= 0.6 is 11.8 Å². The molecule has 0 spiro atoms. The van der Waals surface area contributed by atoms with Crippen LogP contribution in [0, 0.1) is 5.92 Å². The predicted molar refractivity (Wildman–Crippen MR) is 132 cm³/mol. The lowest BCUT2D eigenvalue weighted by atomic mass is 9.95. The molecule has 2 heterocycles. The van der Waals surface area contributed by atoms with Crippen LogP contribution in [0.3, 0.4) is 0 Å². The molecule has 0 saturated heterocycles. The third-order valence-corrected chi connectivity index (χ3v) is 6.75. The summed E-state index contributed by atoms with van der Waals surface area (Å²) in [5, 5.41) is 9.93. The monoisotopic (exact) mass is 480 g/mol. The number of aromatic nitrogens is 2. The van der Waals surface area contributed by atoms with Crippen LogP contribution in [0.25, 0.3) is 11.1 Å². The second-order valence-corrected chi connectivity index (χ2v) is 9.40. The number of aromatic amines is 1. The highest BCUT2D eigenvalue weighted by Crippen LogP contribution is 2.34. The van der Waals surface area contributed by atoms with Crippen molar-refractivity contribution in [3.63, 3.8) is 0 Å². The lowest BCUT2D eigenvalue weighted by molar-refractivity contribution is -0.128. The summed E-state index contributed by atoms with van der Waals surface area (Å²) >= 11 is 1.55. The molecule has 2 N–H and O–H groups in total. The molecule has 0 saturated carbocycles. The molecule has 0 fully saturated rings. The largest absolute Gasteiger partial charge is 0.497 e. The highest BCUT2D eigenvalue weighted by molar-refractivity contribution is 7.99. The summed E-state index contributed by atoms with van der Waals surface area (Å²) in [6.07, 6.45) is 4.56. The number of carbonyl (C=O) groups is 2. The molecule has 1 aliphatic heterocycles. The third kappa shape index (κ3) is 5.53. The van der Waals surface area contributed by atoms with E-state index in [9.17, 15) is 9.59 Å². The molecule has 178 valence electrons. The molecular formula is C25H28N4O4S. The maximum Gasteiger partial charge on any atom is 0.231 e. The topological polar surface area (TPSA) is 96.5 Å². The number of amides is 2. The summed E-state index contributed by atoms with van der Waals surface area (Å²) < 4.78 is 11.1. The van der Waals surface area contributed by atoms with Crippen molar-refractivity contribution in [3.05, 3.63) is 54.4 Å². The van der Waals surface area contributed by atoms with Crippen LogP contribution < -0.4 is 14.8 Å². The Morgan fingerprint density at radius 2 is 2.09 bits per heavy atom. The number of hydrogen-bond donors (Lipinski definition) is 2. The van der Waals surface area contributed by atoms with Crippen LogP contribution in [-0.2, 0) is 16.0 Å². The molecule has 8 nitrogen and oxygen atoms in total. The molecule has 9 heteroatoms. The number of hydrogen-bond acceptors (Lipinski definition) is 6. The van der Waals surface area contributed by atoms with E-state index < -0.39 is 0 Å². The van der Waals surface area contributed by atoms with Gasteiger partial charge in [0, 0.05) is 42.9 Å². The second-order valence-electron chi connectivity index (χ2n) is 8.26. The van der Waals surface area contributed by atoms with Gasteiger partial charge < -0.3 is 19.7 Å². The fourth-order valence-electron chi connectivity index (χ4n) is 3.71. The first-order valence-corrected chi connectivity index (χ1v) is 12.0. The average molecular weight is 481 g/mol. The van der Waals surface area contributed by atoms with E-state index in [1.807, 2.05) is 42.6 Å². The number of carbonyl (C=O) groups excluding carboxylic acids is 2. The van der Waals surface area contributed by atoms with Gasteiger partial charge in [-0.3, -0.25) is 14.7 Å². The molecule has 1 aliphatic rings. The van der Waals surface area contributed by atoms with E-state index in [2.05, 4.69) is 15.5 Å². The summed E-state index contributed by atoms with van der Waals surface area (Å²) in [4.78, 5) is 27.7. The lowest BCUT2D eigenvalue weighted by Crippen LogP contribution is -2.32. The highest BCUT2D eigenvalue weighted by atomic mass is 32.2. The fraction of sp³-hybridized carbons (Fsp3) is 0.320. The van der Waals surface area contributed by atoms with Crippen molar-refractivity contribution in [2.24, 2.45) is 5.92 Å². The minimum atomic E-state index is -0.318. The molecule has 4 rings (SSSR count). The zero-order valence-electron chi connectivity index (χ0n) is 19.5. The molecule has 1 atom stereocenters. The van der Waals surface area contributed by atoms with Crippen molar-refractivity contribution in [1.82, 2.24) is 15.1 Å². The Morgan fingerprint density at radius 3 is 2.82 bits per heavy atom. The summed E-state index contributed by atoms with van der Waals surface area (Å²) in [5.74, 6) is 1.78. The lowest BCUT2D eigenvalue weighted by Gasteiger charge is -2.25. The van der Waals surface area contributed by atoms with Crippen LogP contribution in [0.1, 0.15) is 12.0 Å². The van der Waals surface area contributed by atoms with E-state index in [1.165, 1.54) is 0 Å². The molecule has 0 aliphatic carbocycles. The quantitative estimate of drug-likeness (QED) is 0.476. The van der Waals surface area contributed by atoms with Crippen LogP contribution in [0.5, 0.6) is 11.5 Å². The highest BCUT2D eigenvalue weighted by Gasteiger charge is 2.27. The zero-order valence-corrected chi connectivity index (χ0v) is 20.3. The van der Waals surface area contributed by atoms with Crippen molar-refractivity contribution in [2.45, 2.75) is 17.7 Å². The minimum absolute atomic E-state index is 0.0672. The fourth-order valence-corrected chi connectivity index (χ4v) is 4.69. The Morgan fingerprint density at radius 1 is 1.24 bits per heavy atom. The molecular weight excluding hydrogens is 452 g/mol. The molecule has 0 bridgehead atoms. The van der Waals surface area contributed by atoms with Gasteiger partial charge in [-0.05, 0) is 47.9 Å². The number of anilines is 1. The SMILES string of the molecule is COc1ccc2c(c1)C[C@@H](C(=O)Nc1ccc(-c3cn[nH]c3)cc1SCCC(=O)N(C)C)CO2. The van der Waals surface area contributed by atoms with Gasteiger partial charge in [-0.1, -0.05) is 6.07 Å². The summed E-state index contributed by atoms with van der Waals surface area (Å²) in [7, 11) is 5.12. The minimum Gasteiger partial charge on any atom is -0.497 e. The molecule has 34 heavy (non-hydrogen) atoms. The average Bonchev–Trinajstić information content (AvgIpc) is 3.39. The first-order valence-electron chi connectivity index (χ1n) is 11.0. The first kappa shape index (κ1) is 23.7. The molecule has 0 radical (unpaired) electrons. The van der Waals surface area contributed by atoms with Gasteiger partial charge in [-0.15, -0.1) is 11.8 Å².